The molecule has 1 aromatic rings. The van der Waals surface area contributed by atoms with E-state index in [9.17, 15) is 0 Å². The van der Waals surface area contributed by atoms with Crippen molar-refractivity contribution in [3.05, 3.63) is 23.0 Å². The van der Waals surface area contributed by atoms with Gasteiger partial charge in [0.15, 0.2) is 11.2 Å². The molecule has 0 aromatic carbocycles. The third-order valence-electron chi connectivity index (χ3n) is 3.42. The molecule has 1 spiro atoms. The number of hydrogen-bond donors (Lipinski definition) is 0. The third kappa shape index (κ3) is 1.92. The number of fused-ring (bicyclic) bond motifs is 1. The van der Waals surface area contributed by atoms with Gasteiger partial charge in [-0.2, -0.15) is 4.98 Å². The van der Waals surface area contributed by atoms with Gasteiger partial charge >= 0.3 is 0 Å². The maximum absolute atomic E-state index is 5.39. The molecule has 0 saturated heterocycles. The lowest BCUT2D eigenvalue weighted by atomic mass is 9.90. The van der Waals surface area contributed by atoms with Crippen molar-refractivity contribution < 1.29 is 4.74 Å². The lowest BCUT2D eigenvalue weighted by molar-refractivity contribution is 0.307. The Hall–Kier alpha value is -1.45. The topological polar surface area (TPSA) is 46.8 Å². The van der Waals surface area contributed by atoms with Crippen LogP contribution in [0, 0.1) is 0 Å². The van der Waals surface area contributed by atoms with E-state index in [0.29, 0.717) is 12.5 Å². The molecular formula is C13H17N3O. The quantitative estimate of drug-likeness (QED) is 0.772. The predicted octanol–water partition coefficient (Wildman–Crippen LogP) is 1.39. The summed E-state index contributed by atoms with van der Waals surface area (Å²) in [5, 5.41) is 0.926. The Labute approximate surface area is 100 Å². The Morgan fingerprint density at radius 3 is 2.76 bits per heavy atom. The van der Waals surface area contributed by atoms with Crippen LogP contribution in [0.25, 0.3) is 0 Å². The number of nitrogens with zero attached hydrogens (tertiary/aromatic N) is 3. The van der Waals surface area contributed by atoms with E-state index in [1.165, 1.54) is 19.3 Å². The number of aromatic nitrogens is 1. The van der Waals surface area contributed by atoms with E-state index in [2.05, 4.69) is 4.98 Å². The highest BCUT2D eigenvalue weighted by atomic mass is 16.5. The molecule has 1 aliphatic heterocycles. The van der Waals surface area contributed by atoms with Crippen LogP contribution in [0.4, 0.5) is 0 Å². The molecule has 0 unspecified atom stereocenters. The Kier molecular flexibility index (Phi) is 2.57. The lowest BCUT2D eigenvalue weighted by Gasteiger charge is -2.26. The number of rotatable bonds is 2. The Morgan fingerprint density at radius 2 is 2.00 bits per heavy atom. The van der Waals surface area contributed by atoms with Crippen LogP contribution in [-0.4, -0.2) is 17.3 Å². The Morgan fingerprint density at radius 1 is 1.18 bits per heavy atom. The highest BCUT2D eigenvalue weighted by molar-refractivity contribution is 5.12. The largest absolute Gasteiger partial charge is 0.478 e. The summed E-state index contributed by atoms with van der Waals surface area (Å²) in [5.41, 5.74) is 0.566. The normalized spacial score (nSPS) is 20.5. The molecule has 0 radical (unpaired) electrons. The highest BCUT2D eigenvalue weighted by Gasteiger charge is 2.33. The summed E-state index contributed by atoms with van der Waals surface area (Å²) in [6.45, 7) is 2.59. The summed E-state index contributed by atoms with van der Waals surface area (Å²) < 4.78 is 5.39. The van der Waals surface area contributed by atoms with Gasteiger partial charge in [0, 0.05) is 6.07 Å². The molecule has 3 rings (SSSR count). The van der Waals surface area contributed by atoms with Crippen molar-refractivity contribution in [2.45, 2.75) is 44.7 Å². The van der Waals surface area contributed by atoms with E-state index >= 15 is 0 Å². The average Bonchev–Trinajstić information content (AvgIpc) is 2.67. The standard InChI is InChI=1S/C13H17N3O/c1-2-17-11-7-6-10-12(14-11)16-13(15-10)8-4-3-5-9-13/h6-7H,2-5,8-9H2,1H3. The zero-order chi connectivity index (χ0) is 11.7. The molecule has 2 heterocycles. The van der Waals surface area contributed by atoms with Crippen LogP contribution in [0.5, 0.6) is 5.88 Å². The van der Waals surface area contributed by atoms with Crippen molar-refractivity contribution in [2.24, 2.45) is 9.98 Å². The van der Waals surface area contributed by atoms with Gasteiger partial charge in [0.25, 0.3) is 0 Å². The van der Waals surface area contributed by atoms with E-state index in [1.54, 1.807) is 0 Å². The predicted molar refractivity (Wildman–Crippen MR) is 63.5 cm³/mol. The number of ether oxygens (including phenoxy) is 1. The molecule has 0 bridgehead atoms. The Bertz CT molecular complexity index is 532. The average molecular weight is 231 g/mol. The van der Waals surface area contributed by atoms with Crippen molar-refractivity contribution in [3.63, 3.8) is 0 Å². The van der Waals surface area contributed by atoms with Crippen molar-refractivity contribution in [2.75, 3.05) is 6.61 Å². The molecule has 1 aliphatic carbocycles. The van der Waals surface area contributed by atoms with Crippen LogP contribution in [0.15, 0.2) is 22.1 Å². The first-order valence-corrected chi connectivity index (χ1v) is 6.41. The molecule has 0 amide bonds. The summed E-state index contributed by atoms with van der Waals surface area (Å²) in [6, 6.07) is 3.85. The van der Waals surface area contributed by atoms with Gasteiger partial charge in [-0.15, -0.1) is 0 Å². The first-order chi connectivity index (χ1) is 8.31. The molecule has 2 aliphatic rings. The van der Waals surface area contributed by atoms with Crippen LogP contribution >= 0.6 is 0 Å². The summed E-state index contributed by atoms with van der Waals surface area (Å²) in [7, 11) is 0. The molecule has 0 atom stereocenters. The lowest BCUT2D eigenvalue weighted by Crippen LogP contribution is -2.26. The zero-order valence-electron chi connectivity index (χ0n) is 10.1. The van der Waals surface area contributed by atoms with Crippen LogP contribution in [0.3, 0.4) is 0 Å². The zero-order valence-corrected chi connectivity index (χ0v) is 10.1. The fourth-order valence-corrected chi connectivity index (χ4v) is 2.61. The second-order valence-corrected chi connectivity index (χ2v) is 4.69. The number of pyridine rings is 1. The van der Waals surface area contributed by atoms with E-state index in [1.807, 2.05) is 19.1 Å². The Balaban J connectivity index is 2.00. The van der Waals surface area contributed by atoms with Gasteiger partial charge in [-0.1, -0.05) is 6.42 Å². The molecule has 1 aromatic heterocycles. The van der Waals surface area contributed by atoms with E-state index in [0.717, 1.165) is 23.7 Å². The summed E-state index contributed by atoms with van der Waals surface area (Å²) >= 11 is 0. The van der Waals surface area contributed by atoms with E-state index < -0.39 is 0 Å². The minimum atomic E-state index is -0.196. The smallest absolute Gasteiger partial charge is 0.215 e. The first kappa shape index (κ1) is 10.7. The second-order valence-electron chi connectivity index (χ2n) is 4.69. The van der Waals surface area contributed by atoms with Gasteiger partial charge in [0.2, 0.25) is 5.88 Å². The van der Waals surface area contributed by atoms with Gasteiger partial charge in [-0.3, -0.25) is 4.99 Å². The monoisotopic (exact) mass is 231 g/mol. The molecule has 17 heavy (non-hydrogen) atoms. The minimum Gasteiger partial charge on any atom is -0.478 e. The van der Waals surface area contributed by atoms with Gasteiger partial charge in [0.1, 0.15) is 5.36 Å². The van der Waals surface area contributed by atoms with Crippen LogP contribution in [0.1, 0.15) is 39.0 Å². The maximum atomic E-state index is 5.39. The van der Waals surface area contributed by atoms with Gasteiger partial charge in [-0.05, 0) is 38.7 Å². The van der Waals surface area contributed by atoms with Gasteiger partial charge in [0.05, 0.1) is 6.61 Å². The maximum Gasteiger partial charge on any atom is 0.215 e. The van der Waals surface area contributed by atoms with Crippen molar-refractivity contribution >= 4 is 0 Å². The molecule has 0 N–H and O–H groups in total. The first-order valence-electron chi connectivity index (χ1n) is 6.41. The summed E-state index contributed by atoms with van der Waals surface area (Å²) in [5.74, 6) is 0.651. The van der Waals surface area contributed by atoms with E-state index in [4.69, 9.17) is 14.7 Å². The van der Waals surface area contributed by atoms with Gasteiger partial charge < -0.3 is 4.74 Å². The van der Waals surface area contributed by atoms with Crippen LogP contribution in [0.2, 0.25) is 0 Å². The fraction of sp³-hybridized carbons (Fsp3) is 0.615. The molecular weight excluding hydrogens is 214 g/mol. The molecule has 1 saturated carbocycles. The highest BCUT2D eigenvalue weighted by Crippen LogP contribution is 2.32. The van der Waals surface area contributed by atoms with Crippen molar-refractivity contribution in [1.82, 2.24) is 4.98 Å². The van der Waals surface area contributed by atoms with Crippen molar-refractivity contribution in [3.8, 4) is 5.88 Å². The number of hydrogen-bond acceptors (Lipinski definition) is 4. The van der Waals surface area contributed by atoms with Crippen LogP contribution < -0.4 is 15.6 Å². The van der Waals surface area contributed by atoms with Crippen molar-refractivity contribution in [1.29, 1.82) is 0 Å². The molecule has 1 fully saturated rings. The molecule has 4 heteroatoms. The molecule has 4 nitrogen and oxygen atoms in total. The van der Waals surface area contributed by atoms with E-state index in [-0.39, 0.29) is 5.66 Å². The summed E-state index contributed by atoms with van der Waals surface area (Å²) in [6.07, 6.45) is 5.88. The molecule has 90 valence electrons. The van der Waals surface area contributed by atoms with Gasteiger partial charge in [-0.25, -0.2) is 4.99 Å². The second kappa shape index (κ2) is 4.09. The SMILES string of the molecule is CCOc1ccc2c(n1)=NC1(CCCCC1)N=2. The van der Waals surface area contributed by atoms with Crippen LogP contribution in [-0.2, 0) is 0 Å². The fourth-order valence-electron chi connectivity index (χ4n) is 2.61. The summed E-state index contributed by atoms with van der Waals surface area (Å²) in [4.78, 5) is 13.9. The third-order valence-corrected chi connectivity index (χ3v) is 3.42. The minimum absolute atomic E-state index is 0.196.